The van der Waals surface area contributed by atoms with Crippen LogP contribution in [0.2, 0.25) is 0 Å². The van der Waals surface area contributed by atoms with Gasteiger partial charge in [-0.1, -0.05) is 6.07 Å². The molecular weight excluding hydrogens is 192 g/mol. The maximum atomic E-state index is 5.94. The minimum Gasteiger partial charge on any atom is -0.493 e. The zero-order valence-corrected chi connectivity index (χ0v) is 8.65. The van der Waals surface area contributed by atoms with Crippen molar-refractivity contribution in [2.24, 2.45) is 0 Å². The van der Waals surface area contributed by atoms with Crippen LogP contribution >= 0.6 is 0 Å². The third-order valence-corrected chi connectivity index (χ3v) is 2.27. The minimum atomic E-state index is 0.507. The Bertz CT molecular complexity index is 497. The van der Waals surface area contributed by atoms with Gasteiger partial charge >= 0.3 is 0 Å². The van der Waals surface area contributed by atoms with E-state index in [2.05, 4.69) is 4.98 Å². The summed E-state index contributed by atoms with van der Waals surface area (Å²) in [5, 5.41) is 0.938. The number of rotatable bonds is 2. The summed E-state index contributed by atoms with van der Waals surface area (Å²) < 4.78 is 10.4. The molecule has 0 bridgehead atoms. The SMILES string of the molecule is COc1cc2cccnc2c(N)c1OC. The van der Waals surface area contributed by atoms with Gasteiger partial charge in [-0.3, -0.25) is 4.98 Å². The highest BCUT2D eigenvalue weighted by Gasteiger charge is 2.12. The molecule has 1 aromatic carbocycles. The van der Waals surface area contributed by atoms with Crippen LogP contribution in [0.25, 0.3) is 10.9 Å². The van der Waals surface area contributed by atoms with E-state index in [0.29, 0.717) is 17.2 Å². The van der Waals surface area contributed by atoms with E-state index in [1.807, 2.05) is 18.2 Å². The van der Waals surface area contributed by atoms with Crippen molar-refractivity contribution in [1.82, 2.24) is 4.98 Å². The predicted molar refractivity (Wildman–Crippen MR) is 59.3 cm³/mol. The van der Waals surface area contributed by atoms with E-state index < -0.39 is 0 Å². The number of aromatic nitrogens is 1. The molecule has 0 aliphatic heterocycles. The highest BCUT2D eigenvalue weighted by atomic mass is 16.5. The van der Waals surface area contributed by atoms with Crippen LogP contribution in [-0.4, -0.2) is 19.2 Å². The van der Waals surface area contributed by atoms with Crippen molar-refractivity contribution in [2.75, 3.05) is 20.0 Å². The first-order valence-corrected chi connectivity index (χ1v) is 4.53. The van der Waals surface area contributed by atoms with Crippen LogP contribution in [0, 0.1) is 0 Å². The molecule has 0 saturated heterocycles. The van der Waals surface area contributed by atoms with Crippen molar-refractivity contribution in [3.05, 3.63) is 24.4 Å². The Hall–Kier alpha value is -1.97. The van der Waals surface area contributed by atoms with Gasteiger partial charge in [-0.25, -0.2) is 0 Å². The number of nitrogen functional groups attached to an aromatic ring is 1. The monoisotopic (exact) mass is 204 g/mol. The van der Waals surface area contributed by atoms with E-state index in [1.165, 1.54) is 0 Å². The smallest absolute Gasteiger partial charge is 0.186 e. The predicted octanol–water partition coefficient (Wildman–Crippen LogP) is 1.83. The Morgan fingerprint density at radius 1 is 1.27 bits per heavy atom. The van der Waals surface area contributed by atoms with Gasteiger partial charge in [0.2, 0.25) is 0 Å². The molecule has 0 saturated carbocycles. The summed E-state index contributed by atoms with van der Waals surface area (Å²) in [5.74, 6) is 1.15. The van der Waals surface area contributed by atoms with Gasteiger partial charge in [0.15, 0.2) is 11.5 Å². The third-order valence-electron chi connectivity index (χ3n) is 2.27. The number of nitrogens with zero attached hydrogens (tertiary/aromatic N) is 1. The summed E-state index contributed by atoms with van der Waals surface area (Å²) in [6.07, 6.45) is 1.70. The quantitative estimate of drug-likeness (QED) is 0.758. The van der Waals surface area contributed by atoms with Crippen LogP contribution in [0.5, 0.6) is 11.5 Å². The molecule has 1 heterocycles. The largest absolute Gasteiger partial charge is 0.493 e. The summed E-state index contributed by atoms with van der Waals surface area (Å²) in [6, 6.07) is 5.64. The molecule has 0 unspecified atom stereocenters. The van der Waals surface area contributed by atoms with Gasteiger partial charge in [0, 0.05) is 11.6 Å². The topological polar surface area (TPSA) is 57.4 Å². The molecule has 0 radical (unpaired) electrons. The maximum absolute atomic E-state index is 5.94. The summed E-state index contributed by atoms with van der Waals surface area (Å²) in [6.45, 7) is 0. The van der Waals surface area contributed by atoms with Gasteiger partial charge in [-0.05, 0) is 12.1 Å². The number of benzene rings is 1. The van der Waals surface area contributed by atoms with Crippen LogP contribution in [0.1, 0.15) is 0 Å². The minimum absolute atomic E-state index is 0.507. The van der Waals surface area contributed by atoms with Crippen LogP contribution in [0.4, 0.5) is 5.69 Å². The summed E-state index contributed by atoms with van der Waals surface area (Å²) >= 11 is 0. The lowest BCUT2D eigenvalue weighted by atomic mass is 10.1. The molecule has 2 aromatic rings. The van der Waals surface area contributed by atoms with Gasteiger partial charge in [0.1, 0.15) is 5.69 Å². The molecule has 0 aliphatic rings. The highest BCUT2D eigenvalue weighted by molar-refractivity contribution is 5.94. The number of hydrogen-bond donors (Lipinski definition) is 1. The molecule has 1 aromatic heterocycles. The molecule has 0 atom stereocenters. The Balaban J connectivity index is 2.81. The number of anilines is 1. The van der Waals surface area contributed by atoms with E-state index in [9.17, 15) is 0 Å². The molecule has 2 N–H and O–H groups in total. The maximum Gasteiger partial charge on any atom is 0.186 e. The zero-order chi connectivity index (χ0) is 10.8. The highest BCUT2D eigenvalue weighted by Crippen LogP contribution is 2.38. The van der Waals surface area contributed by atoms with Crippen LogP contribution < -0.4 is 15.2 Å². The Morgan fingerprint density at radius 2 is 2.07 bits per heavy atom. The lowest BCUT2D eigenvalue weighted by Gasteiger charge is -2.11. The van der Waals surface area contributed by atoms with Crippen LogP contribution in [0.15, 0.2) is 24.4 Å². The molecule has 2 rings (SSSR count). The van der Waals surface area contributed by atoms with Crippen LogP contribution in [0.3, 0.4) is 0 Å². The lowest BCUT2D eigenvalue weighted by Crippen LogP contribution is -1.98. The zero-order valence-electron chi connectivity index (χ0n) is 8.65. The molecule has 0 aliphatic carbocycles. The number of nitrogens with two attached hydrogens (primary N) is 1. The van der Waals surface area contributed by atoms with Crippen molar-refractivity contribution >= 4 is 16.6 Å². The number of hydrogen-bond acceptors (Lipinski definition) is 4. The van der Waals surface area contributed by atoms with Gasteiger partial charge in [-0.15, -0.1) is 0 Å². The van der Waals surface area contributed by atoms with Crippen molar-refractivity contribution in [1.29, 1.82) is 0 Å². The van der Waals surface area contributed by atoms with E-state index >= 15 is 0 Å². The lowest BCUT2D eigenvalue weighted by molar-refractivity contribution is 0.357. The van der Waals surface area contributed by atoms with E-state index in [-0.39, 0.29) is 0 Å². The summed E-state index contributed by atoms with van der Waals surface area (Å²) in [4.78, 5) is 4.20. The summed E-state index contributed by atoms with van der Waals surface area (Å²) in [5.41, 5.74) is 7.18. The normalized spacial score (nSPS) is 10.3. The second-order valence-corrected chi connectivity index (χ2v) is 3.10. The van der Waals surface area contributed by atoms with E-state index in [0.717, 1.165) is 10.9 Å². The Labute approximate surface area is 87.6 Å². The fraction of sp³-hybridized carbons (Fsp3) is 0.182. The average Bonchev–Trinajstić information content (AvgIpc) is 2.29. The Kier molecular flexibility index (Phi) is 2.33. The fourth-order valence-corrected chi connectivity index (χ4v) is 1.57. The van der Waals surface area contributed by atoms with Crippen molar-refractivity contribution in [3.8, 4) is 11.5 Å². The van der Waals surface area contributed by atoms with Crippen molar-refractivity contribution in [3.63, 3.8) is 0 Å². The first-order chi connectivity index (χ1) is 7.27. The van der Waals surface area contributed by atoms with Gasteiger partial charge in [0.25, 0.3) is 0 Å². The molecule has 0 amide bonds. The number of fused-ring (bicyclic) bond motifs is 1. The van der Waals surface area contributed by atoms with Gasteiger partial charge < -0.3 is 15.2 Å². The molecule has 78 valence electrons. The molecule has 4 heteroatoms. The van der Waals surface area contributed by atoms with Crippen molar-refractivity contribution in [2.45, 2.75) is 0 Å². The molecule has 4 nitrogen and oxygen atoms in total. The number of ether oxygens (including phenoxy) is 2. The van der Waals surface area contributed by atoms with Crippen molar-refractivity contribution < 1.29 is 9.47 Å². The average molecular weight is 204 g/mol. The van der Waals surface area contributed by atoms with E-state index in [1.54, 1.807) is 20.4 Å². The molecular formula is C11H12N2O2. The number of methoxy groups -OCH3 is 2. The molecule has 0 spiro atoms. The second-order valence-electron chi connectivity index (χ2n) is 3.10. The summed E-state index contributed by atoms with van der Waals surface area (Å²) in [7, 11) is 3.14. The standard InChI is InChI=1S/C11H12N2O2/c1-14-8-6-7-4-3-5-13-10(7)9(12)11(8)15-2/h3-6H,12H2,1-2H3. The fourth-order valence-electron chi connectivity index (χ4n) is 1.57. The third kappa shape index (κ3) is 1.44. The van der Waals surface area contributed by atoms with Gasteiger partial charge in [0.05, 0.1) is 19.7 Å². The molecule has 0 fully saturated rings. The van der Waals surface area contributed by atoms with Gasteiger partial charge in [-0.2, -0.15) is 0 Å². The number of pyridine rings is 1. The first-order valence-electron chi connectivity index (χ1n) is 4.53. The van der Waals surface area contributed by atoms with Crippen LogP contribution in [-0.2, 0) is 0 Å². The molecule has 15 heavy (non-hydrogen) atoms. The van der Waals surface area contributed by atoms with E-state index in [4.69, 9.17) is 15.2 Å². The Morgan fingerprint density at radius 3 is 2.73 bits per heavy atom. The first kappa shape index (κ1) is 9.58. The second kappa shape index (κ2) is 3.65.